The van der Waals surface area contributed by atoms with Crippen LogP contribution in [-0.2, 0) is 7.05 Å². The molecule has 0 N–H and O–H groups in total. The third kappa shape index (κ3) is 1.68. The molecule has 2 heterocycles. The predicted molar refractivity (Wildman–Crippen MR) is 91.7 cm³/mol. The second-order valence-electron chi connectivity index (χ2n) is 5.68. The maximum absolute atomic E-state index is 9.38. The molecule has 0 aliphatic carbocycles. The van der Waals surface area contributed by atoms with Crippen molar-refractivity contribution in [1.82, 2.24) is 9.55 Å². The second-order valence-corrected chi connectivity index (χ2v) is 5.68. The Hall–Kier alpha value is -3.06. The summed E-state index contributed by atoms with van der Waals surface area (Å²) >= 11 is 0. The molecular formula is C19H15N3O. The van der Waals surface area contributed by atoms with Gasteiger partial charge in [-0.15, -0.1) is 0 Å². The van der Waals surface area contributed by atoms with E-state index < -0.39 is 0 Å². The van der Waals surface area contributed by atoms with E-state index in [-0.39, 0.29) is 0 Å². The minimum Gasteiger partial charge on any atom is -0.496 e. The van der Waals surface area contributed by atoms with Gasteiger partial charge in [-0.05, 0) is 42.1 Å². The summed E-state index contributed by atoms with van der Waals surface area (Å²) in [7, 11) is 3.75. The Labute approximate surface area is 133 Å². The Morgan fingerprint density at radius 3 is 2.74 bits per heavy atom. The Balaban J connectivity index is 2.35. The van der Waals surface area contributed by atoms with Crippen LogP contribution in [0.5, 0.6) is 5.75 Å². The smallest absolute Gasteiger partial charge is 0.148 e. The highest BCUT2D eigenvalue weighted by molar-refractivity contribution is 6.17. The normalized spacial score (nSPS) is 11.2. The molecule has 0 spiro atoms. The number of ether oxygens (including phenoxy) is 1. The molecule has 0 radical (unpaired) electrons. The van der Waals surface area contributed by atoms with Gasteiger partial charge in [0.15, 0.2) is 0 Å². The van der Waals surface area contributed by atoms with E-state index >= 15 is 0 Å². The monoisotopic (exact) mass is 301 g/mol. The summed E-state index contributed by atoms with van der Waals surface area (Å²) in [6.45, 7) is 2.09. The van der Waals surface area contributed by atoms with Crippen molar-refractivity contribution in [2.75, 3.05) is 7.11 Å². The molecule has 0 bridgehead atoms. The summed E-state index contributed by atoms with van der Waals surface area (Å²) in [6, 6.07) is 12.3. The first-order valence-electron chi connectivity index (χ1n) is 7.41. The van der Waals surface area contributed by atoms with Gasteiger partial charge in [-0.25, -0.2) is 4.98 Å². The van der Waals surface area contributed by atoms with E-state index in [1.807, 2.05) is 18.2 Å². The van der Waals surface area contributed by atoms with Gasteiger partial charge >= 0.3 is 0 Å². The molecule has 0 unspecified atom stereocenters. The third-order valence-electron chi connectivity index (χ3n) is 4.59. The van der Waals surface area contributed by atoms with E-state index in [0.717, 1.165) is 43.9 Å². The van der Waals surface area contributed by atoms with Gasteiger partial charge in [0.2, 0.25) is 0 Å². The summed E-state index contributed by atoms with van der Waals surface area (Å²) in [6.07, 6.45) is 1.70. The van der Waals surface area contributed by atoms with Gasteiger partial charge in [-0.3, -0.25) is 0 Å². The van der Waals surface area contributed by atoms with Crippen molar-refractivity contribution >= 4 is 32.6 Å². The minimum absolute atomic E-state index is 0.458. The van der Waals surface area contributed by atoms with Crippen molar-refractivity contribution < 1.29 is 4.74 Å². The molecule has 0 atom stereocenters. The zero-order chi connectivity index (χ0) is 16.1. The van der Waals surface area contributed by atoms with Gasteiger partial charge in [0, 0.05) is 29.4 Å². The molecule has 0 saturated heterocycles. The molecule has 2 aromatic carbocycles. The van der Waals surface area contributed by atoms with Crippen LogP contribution in [0.4, 0.5) is 0 Å². The Bertz CT molecular complexity index is 1130. The quantitative estimate of drug-likeness (QED) is 0.532. The largest absolute Gasteiger partial charge is 0.496 e. The molecule has 4 aromatic rings. The molecule has 0 fully saturated rings. The number of aromatic nitrogens is 2. The van der Waals surface area contributed by atoms with E-state index in [4.69, 9.17) is 4.74 Å². The van der Waals surface area contributed by atoms with Crippen LogP contribution in [0.3, 0.4) is 0 Å². The van der Waals surface area contributed by atoms with Gasteiger partial charge in [0.05, 0.1) is 18.1 Å². The highest BCUT2D eigenvalue weighted by Crippen LogP contribution is 2.39. The van der Waals surface area contributed by atoms with E-state index in [1.165, 1.54) is 0 Å². The van der Waals surface area contributed by atoms with E-state index in [9.17, 15) is 5.26 Å². The molecule has 23 heavy (non-hydrogen) atoms. The average Bonchev–Trinajstić information content (AvgIpc) is 2.88. The summed E-state index contributed by atoms with van der Waals surface area (Å²) in [4.78, 5) is 4.20. The van der Waals surface area contributed by atoms with Crippen molar-refractivity contribution in [1.29, 1.82) is 5.26 Å². The van der Waals surface area contributed by atoms with Gasteiger partial charge in [0.25, 0.3) is 0 Å². The highest BCUT2D eigenvalue weighted by atomic mass is 16.5. The zero-order valence-electron chi connectivity index (χ0n) is 13.2. The maximum atomic E-state index is 9.38. The van der Waals surface area contributed by atoms with Crippen molar-refractivity contribution in [2.45, 2.75) is 6.92 Å². The van der Waals surface area contributed by atoms with Gasteiger partial charge in [-0.1, -0.05) is 6.07 Å². The fourth-order valence-electron chi connectivity index (χ4n) is 3.56. The lowest BCUT2D eigenvalue weighted by atomic mass is 10.0. The van der Waals surface area contributed by atoms with Gasteiger partial charge < -0.3 is 9.30 Å². The molecule has 4 nitrogen and oxygen atoms in total. The summed E-state index contributed by atoms with van der Waals surface area (Å²) in [5.74, 6) is 0.842. The fourth-order valence-corrected chi connectivity index (χ4v) is 3.56. The number of pyridine rings is 1. The first-order chi connectivity index (χ1) is 11.2. The van der Waals surface area contributed by atoms with Crippen LogP contribution < -0.4 is 4.74 Å². The van der Waals surface area contributed by atoms with Crippen molar-refractivity contribution in [3.63, 3.8) is 0 Å². The molecular weight excluding hydrogens is 286 g/mol. The Morgan fingerprint density at radius 2 is 2.00 bits per heavy atom. The summed E-state index contributed by atoms with van der Waals surface area (Å²) in [5, 5.41) is 13.5. The SMILES string of the molecule is COc1cccc2c1c1cc3c(C#N)nccc3c(C)c1n2C. The molecule has 0 amide bonds. The minimum atomic E-state index is 0.458. The molecule has 0 aliphatic heterocycles. The molecule has 0 saturated carbocycles. The number of rotatable bonds is 1. The van der Waals surface area contributed by atoms with E-state index in [1.54, 1.807) is 13.3 Å². The Kier molecular flexibility index (Phi) is 2.79. The van der Waals surface area contributed by atoms with Crippen molar-refractivity contribution in [3.8, 4) is 11.8 Å². The lowest BCUT2D eigenvalue weighted by molar-refractivity contribution is 0.420. The molecule has 4 heteroatoms. The van der Waals surface area contributed by atoms with Crippen LogP contribution in [0.2, 0.25) is 0 Å². The molecule has 4 rings (SSSR count). The van der Waals surface area contributed by atoms with E-state index in [2.05, 4.69) is 41.7 Å². The number of nitrogens with zero attached hydrogens (tertiary/aromatic N) is 3. The molecule has 0 aliphatic rings. The number of methoxy groups -OCH3 is 1. The van der Waals surface area contributed by atoms with Crippen LogP contribution in [0.25, 0.3) is 32.6 Å². The van der Waals surface area contributed by atoms with Crippen molar-refractivity contribution in [3.05, 3.63) is 47.8 Å². The molecule has 2 aromatic heterocycles. The van der Waals surface area contributed by atoms with Crippen LogP contribution in [0, 0.1) is 18.3 Å². The standard InChI is InChI=1S/C19H15N3O/c1-11-12-7-8-21-15(10-20)13(12)9-14-18-16(22(2)19(11)14)5-4-6-17(18)23-3/h4-9H,1-3H3. The summed E-state index contributed by atoms with van der Waals surface area (Å²) < 4.78 is 7.75. The number of fused-ring (bicyclic) bond motifs is 4. The first-order valence-corrected chi connectivity index (χ1v) is 7.41. The van der Waals surface area contributed by atoms with Crippen LogP contribution in [0.15, 0.2) is 36.5 Å². The lowest BCUT2D eigenvalue weighted by Crippen LogP contribution is -1.92. The van der Waals surface area contributed by atoms with Crippen molar-refractivity contribution in [2.24, 2.45) is 7.05 Å². The number of hydrogen-bond acceptors (Lipinski definition) is 3. The number of nitriles is 1. The van der Waals surface area contributed by atoms with Crippen LogP contribution >= 0.6 is 0 Å². The van der Waals surface area contributed by atoms with Crippen LogP contribution in [0.1, 0.15) is 11.3 Å². The Morgan fingerprint density at radius 1 is 1.17 bits per heavy atom. The highest BCUT2D eigenvalue weighted by Gasteiger charge is 2.17. The third-order valence-corrected chi connectivity index (χ3v) is 4.59. The van der Waals surface area contributed by atoms with Gasteiger partial charge in [0.1, 0.15) is 17.5 Å². The zero-order valence-corrected chi connectivity index (χ0v) is 13.2. The second kappa shape index (κ2) is 4.72. The molecule has 112 valence electrons. The first kappa shape index (κ1) is 13.6. The maximum Gasteiger partial charge on any atom is 0.148 e. The fraction of sp³-hybridized carbons (Fsp3) is 0.158. The van der Waals surface area contributed by atoms with Crippen LogP contribution in [-0.4, -0.2) is 16.7 Å². The van der Waals surface area contributed by atoms with Gasteiger partial charge in [-0.2, -0.15) is 5.26 Å². The lowest BCUT2D eigenvalue weighted by Gasteiger charge is -2.07. The predicted octanol–water partition coefficient (Wildman–Crippen LogP) is 4.07. The number of hydrogen-bond donors (Lipinski definition) is 0. The average molecular weight is 301 g/mol. The number of benzene rings is 2. The topological polar surface area (TPSA) is 50.8 Å². The number of aryl methyl sites for hydroxylation is 2. The van der Waals surface area contributed by atoms with E-state index in [0.29, 0.717) is 5.69 Å². The summed E-state index contributed by atoms with van der Waals surface area (Å²) in [5.41, 5.74) is 3.88.